The highest BCUT2D eigenvalue weighted by atomic mass is 16.5. The zero-order valence-electron chi connectivity index (χ0n) is 10.6. The van der Waals surface area contributed by atoms with Crippen LogP contribution in [0.1, 0.15) is 28.4 Å². The van der Waals surface area contributed by atoms with Crippen molar-refractivity contribution in [1.29, 1.82) is 0 Å². The molecule has 2 aromatic carbocycles. The van der Waals surface area contributed by atoms with Crippen molar-refractivity contribution in [2.45, 2.75) is 13.3 Å². The van der Waals surface area contributed by atoms with Gasteiger partial charge in [-0.3, -0.25) is 4.79 Å². The molecule has 0 aromatic heterocycles. The zero-order chi connectivity index (χ0) is 13.0. The predicted octanol–water partition coefficient (Wildman–Crippen LogP) is 3.49. The second-order valence-electron chi connectivity index (χ2n) is 4.28. The van der Waals surface area contributed by atoms with E-state index in [1.165, 1.54) is 11.1 Å². The van der Waals surface area contributed by atoms with Gasteiger partial charge in [0.25, 0.3) is 0 Å². The summed E-state index contributed by atoms with van der Waals surface area (Å²) in [6, 6.07) is 15.8. The maximum atomic E-state index is 11.2. The molecule has 0 bridgehead atoms. The third-order valence-electron chi connectivity index (χ3n) is 2.90. The van der Waals surface area contributed by atoms with Crippen molar-refractivity contribution < 1.29 is 9.53 Å². The molecule has 0 radical (unpaired) electrons. The molecular weight excluding hydrogens is 224 g/mol. The number of carbonyl (C=O) groups excluding carboxylic acids is 1. The van der Waals surface area contributed by atoms with E-state index in [2.05, 4.69) is 6.07 Å². The fourth-order valence-electron chi connectivity index (χ4n) is 1.88. The SMILES string of the molecule is COc1cccc(Cc2ccc(C(C)=O)cc2)c1. The maximum absolute atomic E-state index is 11.2. The summed E-state index contributed by atoms with van der Waals surface area (Å²) in [5.41, 5.74) is 3.14. The van der Waals surface area contributed by atoms with Crippen LogP contribution >= 0.6 is 0 Å². The molecule has 0 aliphatic heterocycles. The Kier molecular flexibility index (Phi) is 3.78. The number of carbonyl (C=O) groups is 1. The lowest BCUT2D eigenvalue weighted by Gasteiger charge is -2.05. The van der Waals surface area contributed by atoms with Gasteiger partial charge in [-0.05, 0) is 36.6 Å². The molecule has 0 saturated carbocycles. The molecule has 0 N–H and O–H groups in total. The third kappa shape index (κ3) is 2.98. The minimum Gasteiger partial charge on any atom is -0.497 e. The van der Waals surface area contributed by atoms with Gasteiger partial charge in [0.1, 0.15) is 5.75 Å². The van der Waals surface area contributed by atoms with Gasteiger partial charge in [0.2, 0.25) is 0 Å². The molecule has 0 aliphatic rings. The number of hydrogen-bond donors (Lipinski definition) is 0. The largest absolute Gasteiger partial charge is 0.497 e. The molecule has 0 spiro atoms. The summed E-state index contributed by atoms with van der Waals surface area (Å²) in [4.78, 5) is 11.2. The first kappa shape index (κ1) is 12.4. The third-order valence-corrected chi connectivity index (χ3v) is 2.90. The molecule has 0 aliphatic carbocycles. The van der Waals surface area contributed by atoms with Gasteiger partial charge in [0.15, 0.2) is 5.78 Å². The fourth-order valence-corrected chi connectivity index (χ4v) is 1.88. The first-order valence-electron chi connectivity index (χ1n) is 5.92. The van der Waals surface area contributed by atoms with E-state index in [1.54, 1.807) is 14.0 Å². The van der Waals surface area contributed by atoms with Crippen LogP contribution in [0.4, 0.5) is 0 Å². The van der Waals surface area contributed by atoms with Gasteiger partial charge in [0, 0.05) is 5.56 Å². The van der Waals surface area contributed by atoms with Crippen molar-refractivity contribution in [2.75, 3.05) is 7.11 Å². The molecule has 18 heavy (non-hydrogen) atoms. The standard InChI is InChI=1S/C16H16O2/c1-12(17)15-8-6-13(7-9-15)10-14-4-3-5-16(11-14)18-2/h3-9,11H,10H2,1-2H3. The van der Waals surface area contributed by atoms with Crippen LogP contribution in [0.3, 0.4) is 0 Å². The molecular formula is C16H16O2. The summed E-state index contributed by atoms with van der Waals surface area (Å²) < 4.78 is 5.20. The molecule has 92 valence electrons. The Morgan fingerprint density at radius 1 is 1.06 bits per heavy atom. The Morgan fingerprint density at radius 3 is 2.39 bits per heavy atom. The van der Waals surface area contributed by atoms with E-state index in [4.69, 9.17) is 4.74 Å². The minimum absolute atomic E-state index is 0.0999. The number of benzene rings is 2. The van der Waals surface area contributed by atoms with E-state index in [-0.39, 0.29) is 5.78 Å². The van der Waals surface area contributed by atoms with Gasteiger partial charge in [-0.25, -0.2) is 0 Å². The van der Waals surface area contributed by atoms with Gasteiger partial charge in [-0.15, -0.1) is 0 Å². The Balaban J connectivity index is 2.15. The molecule has 2 rings (SSSR count). The summed E-state index contributed by atoms with van der Waals surface area (Å²) >= 11 is 0. The summed E-state index contributed by atoms with van der Waals surface area (Å²) in [5.74, 6) is 0.968. The van der Waals surface area contributed by atoms with Crippen LogP contribution in [0.2, 0.25) is 0 Å². The molecule has 2 nitrogen and oxygen atoms in total. The minimum atomic E-state index is 0.0999. The molecule has 2 aromatic rings. The number of ether oxygens (including phenoxy) is 1. The van der Waals surface area contributed by atoms with Crippen LogP contribution in [0, 0.1) is 0 Å². The molecule has 0 fully saturated rings. The highest BCUT2D eigenvalue weighted by molar-refractivity contribution is 5.94. The van der Waals surface area contributed by atoms with E-state index < -0.39 is 0 Å². The van der Waals surface area contributed by atoms with Crippen LogP contribution in [-0.2, 0) is 6.42 Å². The van der Waals surface area contributed by atoms with Crippen LogP contribution in [0.25, 0.3) is 0 Å². The topological polar surface area (TPSA) is 26.3 Å². The van der Waals surface area contributed by atoms with Crippen molar-refractivity contribution in [3.63, 3.8) is 0 Å². The quantitative estimate of drug-likeness (QED) is 0.765. The number of Topliss-reactive ketones (excluding diaryl/α,β-unsaturated/α-hetero) is 1. The number of hydrogen-bond acceptors (Lipinski definition) is 2. The molecule has 0 unspecified atom stereocenters. The Hall–Kier alpha value is -2.09. The van der Waals surface area contributed by atoms with E-state index in [9.17, 15) is 4.79 Å². The van der Waals surface area contributed by atoms with E-state index in [0.29, 0.717) is 0 Å². The number of ketones is 1. The van der Waals surface area contributed by atoms with Crippen molar-refractivity contribution in [1.82, 2.24) is 0 Å². The number of methoxy groups -OCH3 is 1. The van der Waals surface area contributed by atoms with Crippen molar-refractivity contribution in [2.24, 2.45) is 0 Å². The van der Waals surface area contributed by atoms with Gasteiger partial charge in [-0.2, -0.15) is 0 Å². The van der Waals surface area contributed by atoms with E-state index in [0.717, 1.165) is 17.7 Å². The van der Waals surface area contributed by atoms with Crippen LogP contribution in [0.15, 0.2) is 48.5 Å². The lowest BCUT2D eigenvalue weighted by Crippen LogP contribution is -1.94. The summed E-state index contributed by atoms with van der Waals surface area (Å²) in [6.07, 6.45) is 0.843. The molecule has 2 heteroatoms. The molecule has 0 heterocycles. The lowest BCUT2D eigenvalue weighted by molar-refractivity contribution is 0.101. The second kappa shape index (κ2) is 5.50. The van der Waals surface area contributed by atoms with E-state index in [1.807, 2.05) is 42.5 Å². The fraction of sp³-hybridized carbons (Fsp3) is 0.188. The summed E-state index contributed by atoms with van der Waals surface area (Å²) in [5, 5.41) is 0. The average Bonchev–Trinajstić information content (AvgIpc) is 2.39. The van der Waals surface area contributed by atoms with Crippen molar-refractivity contribution in [3.05, 3.63) is 65.2 Å². The van der Waals surface area contributed by atoms with Crippen LogP contribution in [-0.4, -0.2) is 12.9 Å². The first-order valence-corrected chi connectivity index (χ1v) is 5.92. The normalized spacial score (nSPS) is 10.1. The van der Waals surface area contributed by atoms with Crippen molar-refractivity contribution >= 4 is 5.78 Å². The average molecular weight is 240 g/mol. The Morgan fingerprint density at radius 2 is 1.78 bits per heavy atom. The van der Waals surface area contributed by atoms with Crippen LogP contribution < -0.4 is 4.74 Å². The number of rotatable bonds is 4. The summed E-state index contributed by atoms with van der Waals surface area (Å²) in [7, 11) is 1.67. The van der Waals surface area contributed by atoms with Crippen LogP contribution in [0.5, 0.6) is 5.75 Å². The highest BCUT2D eigenvalue weighted by Crippen LogP contribution is 2.16. The summed E-state index contributed by atoms with van der Waals surface area (Å²) in [6.45, 7) is 1.58. The molecule has 0 atom stereocenters. The Bertz CT molecular complexity index is 541. The lowest BCUT2D eigenvalue weighted by atomic mass is 10.0. The predicted molar refractivity (Wildman–Crippen MR) is 72.2 cm³/mol. The van der Waals surface area contributed by atoms with Gasteiger partial charge >= 0.3 is 0 Å². The smallest absolute Gasteiger partial charge is 0.159 e. The van der Waals surface area contributed by atoms with Gasteiger partial charge in [0.05, 0.1) is 7.11 Å². The highest BCUT2D eigenvalue weighted by Gasteiger charge is 2.01. The molecule has 0 saturated heterocycles. The Labute approximate surface area is 107 Å². The van der Waals surface area contributed by atoms with E-state index >= 15 is 0 Å². The first-order chi connectivity index (χ1) is 8.69. The maximum Gasteiger partial charge on any atom is 0.159 e. The monoisotopic (exact) mass is 240 g/mol. The second-order valence-corrected chi connectivity index (χ2v) is 4.28. The zero-order valence-corrected chi connectivity index (χ0v) is 10.6. The van der Waals surface area contributed by atoms with Gasteiger partial charge in [-0.1, -0.05) is 36.4 Å². The molecule has 0 amide bonds. The van der Waals surface area contributed by atoms with Crippen molar-refractivity contribution in [3.8, 4) is 5.75 Å². The van der Waals surface area contributed by atoms with Gasteiger partial charge < -0.3 is 4.74 Å².